The molecule has 2 N–H and O–H groups in total. The zero-order valence-electron chi connectivity index (χ0n) is 20.4. The minimum Gasteiger partial charge on any atom is -0.356 e. The number of hydrogen-bond acceptors (Lipinski definition) is 7. The Kier molecular flexibility index (Phi) is 6.50. The van der Waals surface area contributed by atoms with Crippen LogP contribution in [0.1, 0.15) is 47.4 Å². The summed E-state index contributed by atoms with van der Waals surface area (Å²) in [6.45, 7) is 0.425. The molecular formula is C27H29N3O5S2. The van der Waals surface area contributed by atoms with E-state index in [2.05, 4.69) is 15.2 Å². The fraction of sp³-hybridized carbons (Fsp3) is 0.444. The summed E-state index contributed by atoms with van der Waals surface area (Å²) in [4.78, 5) is 27.8. The van der Waals surface area contributed by atoms with Gasteiger partial charge in [-0.1, -0.05) is 17.3 Å². The molecule has 2 saturated carbocycles. The zero-order chi connectivity index (χ0) is 25.6. The molecule has 1 aromatic carbocycles. The van der Waals surface area contributed by atoms with Crippen molar-refractivity contribution in [3.05, 3.63) is 51.8 Å². The molecule has 0 spiro atoms. The lowest BCUT2D eigenvalue weighted by molar-refractivity contribution is -0.120. The highest BCUT2D eigenvalue weighted by Gasteiger charge is 2.37. The van der Waals surface area contributed by atoms with Gasteiger partial charge in [0.15, 0.2) is 5.76 Å². The number of sulfonamides is 1. The first-order valence-electron chi connectivity index (χ1n) is 12.8. The summed E-state index contributed by atoms with van der Waals surface area (Å²) in [5, 5.41) is 6.73. The molecule has 10 heteroatoms. The molecule has 3 aromatic rings. The molecule has 3 aliphatic rings. The van der Waals surface area contributed by atoms with Crippen molar-refractivity contribution in [2.24, 2.45) is 17.8 Å². The van der Waals surface area contributed by atoms with Crippen molar-refractivity contribution in [3.8, 4) is 11.3 Å². The van der Waals surface area contributed by atoms with Crippen LogP contribution in [0, 0.1) is 17.8 Å². The fourth-order valence-electron chi connectivity index (χ4n) is 4.95. The quantitative estimate of drug-likeness (QED) is 0.395. The van der Waals surface area contributed by atoms with Gasteiger partial charge in [-0.2, -0.15) is 0 Å². The number of aryl methyl sites for hydroxylation is 1. The van der Waals surface area contributed by atoms with Crippen molar-refractivity contribution in [2.75, 3.05) is 11.9 Å². The van der Waals surface area contributed by atoms with Gasteiger partial charge >= 0.3 is 0 Å². The summed E-state index contributed by atoms with van der Waals surface area (Å²) in [5.41, 5.74) is 2.16. The standard InChI is InChI=1S/C27H29N3O5S2/c31-22(17-6-7-17)14-25-26(37(33,34)29-15-16-4-5-16)21-13-19(8-9-24(21)36-25)27(32)30-20-3-1-2-18(12-20)23-10-11-28-35-23/h1-3,10-12,16-17,19,29H,4-9,13-15H2,(H,30,32). The number of Topliss-reactive ketones (excluding diaryl/α,β-unsaturated/α-hetero) is 1. The number of fused-ring (bicyclic) bond motifs is 1. The van der Waals surface area contributed by atoms with Crippen molar-refractivity contribution in [3.63, 3.8) is 0 Å². The molecule has 0 bridgehead atoms. The molecular weight excluding hydrogens is 510 g/mol. The number of nitrogens with one attached hydrogen (secondary N) is 2. The van der Waals surface area contributed by atoms with Crippen LogP contribution in [0.4, 0.5) is 5.69 Å². The molecule has 0 aliphatic heterocycles. The first kappa shape index (κ1) is 24.5. The molecule has 0 saturated heterocycles. The summed E-state index contributed by atoms with van der Waals surface area (Å²) in [5.74, 6) is 0.695. The van der Waals surface area contributed by atoms with Crippen molar-refractivity contribution in [1.29, 1.82) is 0 Å². The molecule has 1 amide bonds. The fourth-order valence-corrected chi connectivity index (χ4v) is 8.23. The molecule has 2 heterocycles. The van der Waals surface area contributed by atoms with Crippen LogP contribution < -0.4 is 10.0 Å². The van der Waals surface area contributed by atoms with Crippen LogP contribution in [0.25, 0.3) is 11.3 Å². The highest BCUT2D eigenvalue weighted by atomic mass is 32.2. The van der Waals surface area contributed by atoms with Crippen LogP contribution in [0.15, 0.2) is 45.9 Å². The number of hydrogen-bond donors (Lipinski definition) is 2. The maximum Gasteiger partial charge on any atom is 0.241 e. The number of carbonyl (C=O) groups is 2. The average molecular weight is 540 g/mol. The highest BCUT2D eigenvalue weighted by Crippen LogP contribution is 2.41. The molecule has 3 aliphatic carbocycles. The Hall–Kier alpha value is -2.82. The second-order valence-electron chi connectivity index (χ2n) is 10.4. The summed E-state index contributed by atoms with van der Waals surface area (Å²) in [7, 11) is -3.77. The molecule has 2 aromatic heterocycles. The Morgan fingerprint density at radius 1 is 1.08 bits per heavy atom. The van der Waals surface area contributed by atoms with Gasteiger partial charge < -0.3 is 9.84 Å². The van der Waals surface area contributed by atoms with Crippen molar-refractivity contribution in [2.45, 2.75) is 56.3 Å². The average Bonchev–Trinajstić information content (AvgIpc) is 3.81. The third kappa shape index (κ3) is 5.42. The Morgan fingerprint density at radius 3 is 2.65 bits per heavy atom. The molecule has 1 unspecified atom stereocenters. The largest absolute Gasteiger partial charge is 0.356 e. The van der Waals surface area contributed by atoms with Gasteiger partial charge in [0, 0.05) is 51.9 Å². The smallest absolute Gasteiger partial charge is 0.241 e. The Morgan fingerprint density at radius 2 is 1.92 bits per heavy atom. The van der Waals surface area contributed by atoms with E-state index in [1.807, 2.05) is 24.3 Å². The van der Waals surface area contributed by atoms with E-state index in [4.69, 9.17) is 4.52 Å². The number of benzene rings is 1. The maximum atomic E-state index is 13.5. The van der Waals surface area contributed by atoms with Crippen molar-refractivity contribution < 1.29 is 22.5 Å². The van der Waals surface area contributed by atoms with Crippen LogP contribution in [-0.4, -0.2) is 31.8 Å². The Balaban J connectivity index is 1.24. The van der Waals surface area contributed by atoms with Crippen LogP contribution in [0.2, 0.25) is 0 Å². The van der Waals surface area contributed by atoms with E-state index in [0.29, 0.717) is 53.6 Å². The van der Waals surface area contributed by atoms with Crippen molar-refractivity contribution in [1.82, 2.24) is 9.88 Å². The minimum atomic E-state index is -3.77. The summed E-state index contributed by atoms with van der Waals surface area (Å²) >= 11 is 1.44. The van der Waals surface area contributed by atoms with Crippen molar-refractivity contribution >= 4 is 38.7 Å². The first-order valence-corrected chi connectivity index (χ1v) is 15.1. The van der Waals surface area contributed by atoms with E-state index in [9.17, 15) is 18.0 Å². The summed E-state index contributed by atoms with van der Waals surface area (Å²) in [6, 6.07) is 9.12. The lowest BCUT2D eigenvalue weighted by Gasteiger charge is -2.23. The second kappa shape index (κ2) is 9.81. The van der Waals surface area contributed by atoms with E-state index in [-0.39, 0.29) is 34.8 Å². The van der Waals surface area contributed by atoms with Crippen LogP contribution in [0.3, 0.4) is 0 Å². The van der Waals surface area contributed by atoms with Gasteiger partial charge in [-0.3, -0.25) is 9.59 Å². The second-order valence-corrected chi connectivity index (χ2v) is 13.2. The molecule has 37 heavy (non-hydrogen) atoms. The Bertz CT molecular complexity index is 1440. The molecule has 0 radical (unpaired) electrons. The molecule has 2 fully saturated rings. The lowest BCUT2D eigenvalue weighted by Crippen LogP contribution is -2.31. The number of aromatic nitrogens is 1. The molecule has 194 valence electrons. The van der Waals surface area contributed by atoms with E-state index in [1.165, 1.54) is 11.3 Å². The number of ketones is 1. The number of anilines is 1. The van der Waals surface area contributed by atoms with Gasteiger partial charge in [0.25, 0.3) is 0 Å². The third-order valence-corrected chi connectivity index (χ3v) is 10.4. The number of nitrogens with zero attached hydrogens (tertiary/aromatic N) is 1. The van der Waals surface area contributed by atoms with E-state index >= 15 is 0 Å². The molecule has 8 nitrogen and oxygen atoms in total. The first-order chi connectivity index (χ1) is 17.9. The maximum absolute atomic E-state index is 13.5. The van der Waals surface area contributed by atoms with Gasteiger partial charge in [-0.05, 0) is 68.6 Å². The van der Waals surface area contributed by atoms with Gasteiger partial charge in [0.1, 0.15) is 5.78 Å². The topological polar surface area (TPSA) is 118 Å². The lowest BCUT2D eigenvalue weighted by atomic mass is 9.87. The third-order valence-electron chi connectivity index (χ3n) is 7.40. The molecule has 1 atom stereocenters. The number of thiophene rings is 1. The normalized spacial score (nSPS) is 19.4. The predicted molar refractivity (Wildman–Crippen MR) is 140 cm³/mol. The number of carbonyl (C=O) groups excluding carboxylic acids is 2. The van der Waals surface area contributed by atoms with Gasteiger partial charge in [0.05, 0.1) is 11.1 Å². The number of rotatable bonds is 10. The summed E-state index contributed by atoms with van der Waals surface area (Å²) < 4.78 is 35.0. The summed E-state index contributed by atoms with van der Waals surface area (Å²) in [6.07, 6.45) is 7.19. The van der Waals surface area contributed by atoms with E-state index in [0.717, 1.165) is 36.1 Å². The predicted octanol–water partition coefficient (Wildman–Crippen LogP) is 4.36. The van der Waals surface area contributed by atoms with Gasteiger partial charge in [0.2, 0.25) is 15.9 Å². The minimum absolute atomic E-state index is 0.0698. The zero-order valence-corrected chi connectivity index (χ0v) is 22.0. The SMILES string of the molecule is O=C(Cc1sc2c(c1S(=O)(=O)NCC1CC1)CC(C(=O)Nc1cccc(-c3ccno3)c1)CC2)C1CC1. The van der Waals surface area contributed by atoms with Crippen LogP contribution in [-0.2, 0) is 38.9 Å². The Labute approximate surface area is 219 Å². The molecule has 6 rings (SSSR count). The number of amides is 1. The van der Waals surface area contributed by atoms with Crippen LogP contribution in [0.5, 0.6) is 0 Å². The van der Waals surface area contributed by atoms with E-state index in [1.54, 1.807) is 12.3 Å². The van der Waals surface area contributed by atoms with Gasteiger partial charge in [-0.25, -0.2) is 13.1 Å². The monoisotopic (exact) mass is 539 g/mol. The van der Waals surface area contributed by atoms with E-state index < -0.39 is 10.0 Å². The highest BCUT2D eigenvalue weighted by molar-refractivity contribution is 7.89. The van der Waals surface area contributed by atoms with Crippen LogP contribution >= 0.6 is 11.3 Å². The van der Waals surface area contributed by atoms with Gasteiger partial charge in [-0.15, -0.1) is 11.3 Å².